The van der Waals surface area contributed by atoms with Crippen LogP contribution < -0.4 is 10.6 Å². The smallest absolute Gasteiger partial charge is 0.290 e. The lowest BCUT2D eigenvalue weighted by Crippen LogP contribution is -2.40. The van der Waals surface area contributed by atoms with Crippen LogP contribution >= 0.6 is 0 Å². The molecule has 2 amide bonds. The molecule has 1 saturated carbocycles. The minimum absolute atomic E-state index is 0.164. The van der Waals surface area contributed by atoms with Gasteiger partial charge in [0.15, 0.2) is 0 Å². The van der Waals surface area contributed by atoms with Crippen molar-refractivity contribution in [2.75, 3.05) is 0 Å². The highest BCUT2D eigenvalue weighted by Crippen LogP contribution is 2.27. The molecule has 0 aliphatic heterocycles. The summed E-state index contributed by atoms with van der Waals surface area (Å²) in [7, 11) is 0. The molecule has 11 nitrogen and oxygen atoms in total. The van der Waals surface area contributed by atoms with Gasteiger partial charge in [0.25, 0.3) is 12.4 Å². The normalized spacial score (nSPS) is 19.9. The van der Waals surface area contributed by atoms with Crippen molar-refractivity contribution >= 4 is 18.3 Å². The molecule has 11 heteroatoms. The number of amides is 2. The number of nitrogens with zero attached hydrogens (tertiary/aromatic N) is 3. The maximum atomic E-state index is 12.6. The molecule has 0 aromatic carbocycles. The van der Waals surface area contributed by atoms with Crippen molar-refractivity contribution in [3.05, 3.63) is 35.0 Å². The Morgan fingerprint density at radius 1 is 1.35 bits per heavy atom. The molecule has 1 aliphatic rings. The second-order valence-corrected chi connectivity index (χ2v) is 7.46. The first-order valence-corrected chi connectivity index (χ1v) is 10.1. The van der Waals surface area contributed by atoms with Crippen LogP contribution in [-0.4, -0.2) is 55.6 Å². The van der Waals surface area contributed by atoms with Crippen molar-refractivity contribution in [1.29, 1.82) is 0 Å². The molecule has 1 fully saturated rings. The van der Waals surface area contributed by atoms with E-state index in [-0.39, 0.29) is 30.7 Å². The van der Waals surface area contributed by atoms with Crippen molar-refractivity contribution < 1.29 is 29.1 Å². The first kappa shape index (κ1) is 24.1. The van der Waals surface area contributed by atoms with E-state index < -0.39 is 12.1 Å². The predicted octanol–water partition coefficient (Wildman–Crippen LogP) is 0.784. The second-order valence-electron chi connectivity index (χ2n) is 7.46. The van der Waals surface area contributed by atoms with Crippen LogP contribution in [0.1, 0.15) is 53.7 Å². The SMILES string of the molecule is CCCn1cc(C(=O)N[C@H]2C[C@H](C(=O)NCc3cc(C)on3)C[C@@H]2O)c(C)n1.O=CO. The zero-order valence-corrected chi connectivity index (χ0v) is 17.9. The molecule has 31 heavy (non-hydrogen) atoms. The van der Waals surface area contributed by atoms with Crippen LogP contribution in [0.25, 0.3) is 0 Å². The van der Waals surface area contributed by atoms with Crippen molar-refractivity contribution in [3.63, 3.8) is 0 Å². The highest BCUT2D eigenvalue weighted by Gasteiger charge is 2.38. The molecule has 4 N–H and O–H groups in total. The minimum Gasteiger partial charge on any atom is -0.483 e. The molecule has 3 atom stereocenters. The summed E-state index contributed by atoms with van der Waals surface area (Å²) in [6, 6.07) is 1.29. The third-order valence-electron chi connectivity index (χ3n) is 4.98. The number of hydrogen-bond acceptors (Lipinski definition) is 7. The van der Waals surface area contributed by atoms with Gasteiger partial charge >= 0.3 is 0 Å². The standard InChI is InChI=1S/C19H27N5O4.CH2O2/c1-4-5-24-10-15(12(3)22-24)19(27)21-16-7-13(8-17(16)25)18(26)20-9-14-6-11(2)28-23-14;2-1-3/h6,10,13,16-17,25H,4-5,7-9H2,1-3H3,(H,20,26)(H,21,27);1H,(H,2,3)/t13-,16-,17-;/m0./s1. The van der Waals surface area contributed by atoms with E-state index in [0.717, 1.165) is 13.0 Å². The zero-order valence-electron chi connectivity index (χ0n) is 17.9. The van der Waals surface area contributed by atoms with Crippen molar-refractivity contribution in [2.45, 2.75) is 65.3 Å². The number of carboxylic acid groups (broad SMARTS) is 1. The lowest BCUT2D eigenvalue weighted by Gasteiger charge is -2.16. The Bertz CT molecular complexity index is 893. The quantitative estimate of drug-likeness (QED) is 0.464. The third-order valence-corrected chi connectivity index (χ3v) is 4.98. The number of nitrogens with one attached hydrogen (secondary N) is 2. The van der Waals surface area contributed by atoms with Crippen LogP contribution in [0.15, 0.2) is 16.8 Å². The van der Waals surface area contributed by atoms with Gasteiger partial charge in [-0.05, 0) is 33.1 Å². The van der Waals surface area contributed by atoms with E-state index in [2.05, 4.69) is 20.9 Å². The van der Waals surface area contributed by atoms with Gasteiger partial charge in [0, 0.05) is 24.7 Å². The summed E-state index contributed by atoms with van der Waals surface area (Å²) >= 11 is 0. The van der Waals surface area contributed by atoms with Crippen molar-refractivity contribution in [2.24, 2.45) is 5.92 Å². The fourth-order valence-corrected chi connectivity index (χ4v) is 3.54. The summed E-state index contributed by atoms with van der Waals surface area (Å²) < 4.78 is 6.72. The molecule has 170 valence electrons. The maximum absolute atomic E-state index is 12.6. The van der Waals surface area contributed by atoms with Gasteiger partial charge in [-0.25, -0.2) is 0 Å². The molecule has 0 radical (unpaired) electrons. The summed E-state index contributed by atoms with van der Waals surface area (Å²) in [5.74, 6) is -0.121. The summed E-state index contributed by atoms with van der Waals surface area (Å²) in [6.07, 6.45) is 2.58. The highest BCUT2D eigenvalue weighted by atomic mass is 16.5. The first-order chi connectivity index (χ1) is 14.8. The predicted molar refractivity (Wildman–Crippen MR) is 109 cm³/mol. The van der Waals surface area contributed by atoms with E-state index in [1.165, 1.54) is 0 Å². The number of carbonyl (C=O) groups excluding carboxylic acids is 2. The molecule has 0 unspecified atom stereocenters. The molecular weight excluding hydrogens is 406 g/mol. The van der Waals surface area contributed by atoms with E-state index in [0.29, 0.717) is 35.6 Å². The monoisotopic (exact) mass is 435 g/mol. The molecule has 3 rings (SSSR count). The topological polar surface area (TPSA) is 160 Å². The fourth-order valence-electron chi connectivity index (χ4n) is 3.54. The van der Waals surface area contributed by atoms with E-state index in [1.54, 1.807) is 30.8 Å². The van der Waals surface area contributed by atoms with Gasteiger partial charge in [0.05, 0.1) is 29.9 Å². The van der Waals surface area contributed by atoms with Gasteiger partial charge in [-0.3, -0.25) is 19.1 Å². The number of aliphatic hydroxyl groups excluding tert-OH is 1. The van der Waals surface area contributed by atoms with Gasteiger partial charge < -0.3 is 25.4 Å². The van der Waals surface area contributed by atoms with Crippen LogP contribution in [0.3, 0.4) is 0 Å². The third kappa shape index (κ3) is 6.64. The fraction of sp³-hybridized carbons (Fsp3) is 0.550. The van der Waals surface area contributed by atoms with Crippen molar-refractivity contribution in [1.82, 2.24) is 25.6 Å². The number of aryl methyl sites for hydroxylation is 3. The Kier molecular flexibility index (Phi) is 8.74. The molecule has 2 aromatic heterocycles. The number of hydrogen-bond donors (Lipinski definition) is 4. The molecule has 0 spiro atoms. The van der Waals surface area contributed by atoms with E-state index in [4.69, 9.17) is 14.4 Å². The number of rotatable bonds is 7. The van der Waals surface area contributed by atoms with Gasteiger partial charge in [-0.15, -0.1) is 0 Å². The molecule has 2 heterocycles. The molecule has 2 aromatic rings. The lowest BCUT2D eigenvalue weighted by atomic mass is 10.1. The van der Waals surface area contributed by atoms with E-state index in [1.807, 2.05) is 6.92 Å². The van der Waals surface area contributed by atoms with Gasteiger partial charge in [0.1, 0.15) is 11.5 Å². The summed E-state index contributed by atoms with van der Waals surface area (Å²) in [5.41, 5.74) is 1.79. The summed E-state index contributed by atoms with van der Waals surface area (Å²) in [6.45, 7) is 6.38. The number of carbonyl (C=O) groups is 3. The molecular formula is C20H29N5O6. The molecule has 0 bridgehead atoms. The summed E-state index contributed by atoms with van der Waals surface area (Å²) in [5, 5.41) is 31.0. The Labute approximate surface area is 179 Å². The van der Waals surface area contributed by atoms with Crippen LogP contribution in [0, 0.1) is 19.8 Å². The van der Waals surface area contributed by atoms with Crippen molar-refractivity contribution in [3.8, 4) is 0 Å². The number of aliphatic hydroxyl groups is 1. The molecule has 0 saturated heterocycles. The average Bonchev–Trinajstić information content (AvgIpc) is 3.40. The Balaban J connectivity index is 0.00000107. The second kappa shape index (κ2) is 11.3. The Morgan fingerprint density at radius 3 is 2.68 bits per heavy atom. The van der Waals surface area contributed by atoms with Gasteiger partial charge in [-0.2, -0.15) is 5.10 Å². The van der Waals surface area contributed by atoms with Crippen LogP contribution in [0.4, 0.5) is 0 Å². The zero-order chi connectivity index (χ0) is 23.0. The Morgan fingerprint density at radius 2 is 2.06 bits per heavy atom. The number of aromatic nitrogens is 3. The van der Waals surface area contributed by atoms with Crippen LogP contribution in [0.5, 0.6) is 0 Å². The molecule has 1 aliphatic carbocycles. The highest BCUT2D eigenvalue weighted by molar-refractivity contribution is 5.95. The minimum atomic E-state index is -0.764. The van der Waals surface area contributed by atoms with E-state index in [9.17, 15) is 14.7 Å². The average molecular weight is 435 g/mol. The van der Waals surface area contributed by atoms with Gasteiger partial charge in [-0.1, -0.05) is 12.1 Å². The van der Waals surface area contributed by atoms with E-state index >= 15 is 0 Å². The van der Waals surface area contributed by atoms with Gasteiger partial charge in [0.2, 0.25) is 5.91 Å². The summed E-state index contributed by atoms with van der Waals surface area (Å²) in [4.78, 5) is 33.3. The largest absolute Gasteiger partial charge is 0.483 e. The maximum Gasteiger partial charge on any atom is 0.290 e. The Hall–Kier alpha value is -3.21. The van der Waals surface area contributed by atoms with Crippen LogP contribution in [-0.2, 0) is 22.7 Å². The first-order valence-electron chi connectivity index (χ1n) is 10.1. The van der Waals surface area contributed by atoms with Crippen LogP contribution in [0.2, 0.25) is 0 Å². The lowest BCUT2D eigenvalue weighted by molar-refractivity contribution is -0.125.